The number of nitrogens with zero attached hydrogens (tertiary/aromatic N) is 2. The van der Waals surface area contributed by atoms with Crippen molar-refractivity contribution in [3.63, 3.8) is 0 Å². The Morgan fingerprint density at radius 1 is 0.848 bits per heavy atom. The van der Waals surface area contributed by atoms with Gasteiger partial charge in [0.05, 0.1) is 21.2 Å². The van der Waals surface area contributed by atoms with Crippen molar-refractivity contribution in [3.05, 3.63) is 130 Å². The Balaban J connectivity index is 1.87. The van der Waals surface area contributed by atoms with Gasteiger partial charge in [0.15, 0.2) is 0 Å². The molecule has 1 N–H and O–H groups in total. The summed E-state index contributed by atoms with van der Waals surface area (Å²) < 4.78 is 70.0. The van der Waals surface area contributed by atoms with Gasteiger partial charge in [-0.1, -0.05) is 89.9 Å². The van der Waals surface area contributed by atoms with Crippen LogP contribution in [0.3, 0.4) is 0 Å². The van der Waals surface area contributed by atoms with Crippen LogP contribution in [0.5, 0.6) is 0 Å². The van der Waals surface area contributed by atoms with Crippen LogP contribution >= 0.6 is 23.2 Å². The second kappa shape index (κ2) is 15.0. The van der Waals surface area contributed by atoms with Crippen LogP contribution in [0.2, 0.25) is 10.0 Å². The molecule has 1 unspecified atom stereocenters. The molecule has 0 spiro atoms. The van der Waals surface area contributed by atoms with E-state index in [-0.39, 0.29) is 29.4 Å². The summed E-state index contributed by atoms with van der Waals surface area (Å²) in [5.41, 5.74) is -0.534. The number of rotatable bonds is 12. The van der Waals surface area contributed by atoms with Gasteiger partial charge in [0.2, 0.25) is 11.8 Å². The molecule has 0 heterocycles. The number of hydrogen-bond acceptors (Lipinski definition) is 4. The second-order valence-electron chi connectivity index (χ2n) is 10.2. The maximum Gasteiger partial charge on any atom is 0.416 e. The molecule has 2 amide bonds. The molecule has 46 heavy (non-hydrogen) atoms. The number of sulfonamides is 1. The normalized spacial score (nSPS) is 12.3. The Kier molecular flexibility index (Phi) is 11.4. The first-order valence-corrected chi connectivity index (χ1v) is 16.3. The highest BCUT2D eigenvalue weighted by Crippen LogP contribution is 2.37. The summed E-state index contributed by atoms with van der Waals surface area (Å²) in [6.45, 7) is 0.768. The number of alkyl halides is 3. The van der Waals surface area contributed by atoms with E-state index in [4.69, 9.17) is 23.2 Å². The van der Waals surface area contributed by atoms with E-state index in [2.05, 4.69) is 5.32 Å². The van der Waals surface area contributed by atoms with Crippen LogP contribution in [-0.2, 0) is 38.8 Å². The number of carbonyl (C=O) groups is 2. The van der Waals surface area contributed by atoms with Crippen LogP contribution in [0.4, 0.5) is 18.9 Å². The summed E-state index contributed by atoms with van der Waals surface area (Å²) in [4.78, 5) is 28.8. The van der Waals surface area contributed by atoms with Crippen molar-refractivity contribution in [2.45, 2.75) is 37.0 Å². The zero-order chi connectivity index (χ0) is 33.5. The average Bonchev–Trinajstić information content (AvgIpc) is 3.03. The Bertz CT molecular complexity index is 1780. The van der Waals surface area contributed by atoms with Crippen molar-refractivity contribution < 1.29 is 31.2 Å². The highest BCUT2D eigenvalue weighted by molar-refractivity contribution is 7.92. The van der Waals surface area contributed by atoms with E-state index in [1.807, 2.05) is 0 Å². The summed E-state index contributed by atoms with van der Waals surface area (Å²) in [6.07, 6.45) is -4.78. The minimum Gasteiger partial charge on any atom is -0.355 e. The van der Waals surface area contributed by atoms with Crippen LogP contribution < -0.4 is 9.62 Å². The summed E-state index contributed by atoms with van der Waals surface area (Å²) in [6, 6.07) is 23.6. The number of halogens is 5. The van der Waals surface area contributed by atoms with E-state index in [1.54, 1.807) is 67.6 Å². The molecule has 0 radical (unpaired) electrons. The molecule has 13 heteroatoms. The fraction of sp³-hybridized carbons (Fsp3) is 0.212. The summed E-state index contributed by atoms with van der Waals surface area (Å²) in [5.74, 6) is -1.39. The van der Waals surface area contributed by atoms with Crippen LogP contribution in [0.15, 0.2) is 108 Å². The number of likely N-dealkylation sites (N-methyl/N-ethyl adjacent to an activating group) is 1. The Hall–Kier alpha value is -4.06. The minimum absolute atomic E-state index is 0.0542. The van der Waals surface area contributed by atoms with Gasteiger partial charge in [-0.2, -0.15) is 13.2 Å². The van der Waals surface area contributed by atoms with Crippen LogP contribution in [0.25, 0.3) is 0 Å². The molecule has 1 atom stereocenters. The molecule has 242 valence electrons. The monoisotopic (exact) mass is 691 g/mol. The molecule has 7 nitrogen and oxygen atoms in total. The summed E-state index contributed by atoms with van der Waals surface area (Å²) >= 11 is 12.8. The smallest absolute Gasteiger partial charge is 0.355 e. The predicted molar refractivity (Wildman–Crippen MR) is 172 cm³/mol. The van der Waals surface area contributed by atoms with Crippen LogP contribution in [0, 0.1) is 0 Å². The molecule has 0 bridgehead atoms. The fourth-order valence-electron chi connectivity index (χ4n) is 4.77. The second-order valence-corrected chi connectivity index (χ2v) is 12.9. The number of nitrogens with one attached hydrogen (secondary N) is 1. The third-order valence-electron chi connectivity index (χ3n) is 7.07. The predicted octanol–water partition coefficient (Wildman–Crippen LogP) is 6.98. The van der Waals surface area contributed by atoms with E-state index < -0.39 is 51.9 Å². The molecule has 0 saturated heterocycles. The van der Waals surface area contributed by atoms with E-state index >= 15 is 0 Å². The summed E-state index contributed by atoms with van der Waals surface area (Å²) in [5, 5.41) is 2.70. The molecule has 0 aliphatic heterocycles. The molecule has 4 aromatic carbocycles. The largest absolute Gasteiger partial charge is 0.416 e. The standard InChI is InChI=1S/C33H30Cl2F3N3O4S/c1-2-39-32(43)30(19-23-11-5-3-6-12-23)40(21-24-13-9-10-16-27(24)34)31(42)22-41(46(44,45)26-14-7-4-8-15-26)29-20-25(33(36,37)38)17-18-28(29)35/h3-18,20,30H,2,19,21-22H2,1H3,(H,39,43). The van der Waals surface area contributed by atoms with E-state index in [0.29, 0.717) is 26.5 Å². The van der Waals surface area contributed by atoms with Crippen LogP contribution in [-0.4, -0.2) is 44.3 Å². The maximum absolute atomic E-state index is 14.4. The third-order valence-corrected chi connectivity index (χ3v) is 9.54. The van der Waals surface area contributed by atoms with Crippen molar-refractivity contribution in [1.82, 2.24) is 10.2 Å². The Labute approximate surface area is 275 Å². The van der Waals surface area contributed by atoms with Crippen molar-refractivity contribution >= 4 is 50.7 Å². The number of amides is 2. The molecule has 0 fully saturated rings. The van der Waals surface area contributed by atoms with E-state index in [9.17, 15) is 31.2 Å². The van der Waals surface area contributed by atoms with Crippen LogP contribution in [0.1, 0.15) is 23.6 Å². The lowest BCUT2D eigenvalue weighted by Gasteiger charge is -2.34. The zero-order valence-corrected chi connectivity index (χ0v) is 26.9. The molecule has 0 aliphatic carbocycles. The van der Waals surface area contributed by atoms with Gasteiger partial charge in [0, 0.05) is 24.5 Å². The van der Waals surface area contributed by atoms with Crippen molar-refractivity contribution in [1.29, 1.82) is 0 Å². The van der Waals surface area contributed by atoms with E-state index in [1.165, 1.54) is 29.2 Å². The first-order chi connectivity index (χ1) is 21.8. The van der Waals surface area contributed by atoms with Gasteiger partial charge in [-0.05, 0) is 54.4 Å². The van der Waals surface area contributed by atoms with Gasteiger partial charge in [-0.25, -0.2) is 8.42 Å². The number of carbonyl (C=O) groups excluding carboxylic acids is 2. The molecule has 4 rings (SSSR count). The van der Waals surface area contributed by atoms with Gasteiger partial charge in [0.1, 0.15) is 12.6 Å². The lowest BCUT2D eigenvalue weighted by molar-refractivity contribution is -0.140. The lowest BCUT2D eigenvalue weighted by Crippen LogP contribution is -2.53. The number of benzene rings is 4. The van der Waals surface area contributed by atoms with E-state index in [0.717, 1.165) is 12.1 Å². The van der Waals surface area contributed by atoms with Gasteiger partial charge < -0.3 is 10.2 Å². The lowest BCUT2D eigenvalue weighted by atomic mass is 10.0. The van der Waals surface area contributed by atoms with Gasteiger partial charge in [-0.15, -0.1) is 0 Å². The number of hydrogen-bond donors (Lipinski definition) is 1. The molecule has 4 aromatic rings. The molecule has 0 aromatic heterocycles. The van der Waals surface area contributed by atoms with Gasteiger partial charge in [-0.3, -0.25) is 13.9 Å². The summed E-state index contributed by atoms with van der Waals surface area (Å²) in [7, 11) is -4.66. The maximum atomic E-state index is 14.4. The minimum atomic E-state index is -4.83. The Morgan fingerprint density at radius 2 is 1.46 bits per heavy atom. The molecular formula is C33H30Cl2F3N3O4S. The fourth-order valence-corrected chi connectivity index (χ4v) is 6.68. The highest BCUT2D eigenvalue weighted by Gasteiger charge is 2.37. The zero-order valence-electron chi connectivity index (χ0n) is 24.5. The Morgan fingerprint density at radius 3 is 2.07 bits per heavy atom. The topological polar surface area (TPSA) is 86.8 Å². The molecule has 0 aliphatic rings. The SMILES string of the molecule is CCNC(=O)C(Cc1ccccc1)N(Cc1ccccc1Cl)C(=O)CN(c1cc(C(F)(F)F)ccc1Cl)S(=O)(=O)c1ccccc1. The van der Waals surface area contributed by atoms with Gasteiger partial charge >= 0.3 is 6.18 Å². The quantitative estimate of drug-likeness (QED) is 0.174. The van der Waals surface area contributed by atoms with Crippen molar-refractivity contribution in [3.8, 4) is 0 Å². The van der Waals surface area contributed by atoms with Gasteiger partial charge in [0.25, 0.3) is 10.0 Å². The first-order valence-electron chi connectivity index (χ1n) is 14.1. The third kappa shape index (κ3) is 8.39. The number of anilines is 1. The van der Waals surface area contributed by atoms with Crippen molar-refractivity contribution in [2.24, 2.45) is 0 Å². The van der Waals surface area contributed by atoms with Crippen molar-refractivity contribution in [2.75, 3.05) is 17.4 Å². The molecule has 0 saturated carbocycles. The average molecular weight is 693 g/mol. The first kappa shape index (κ1) is 34.8. The molecular weight excluding hydrogens is 662 g/mol. The highest BCUT2D eigenvalue weighted by atomic mass is 35.5.